The Bertz CT molecular complexity index is 1390. The van der Waals surface area contributed by atoms with E-state index < -0.39 is 21.7 Å². The van der Waals surface area contributed by atoms with Crippen molar-refractivity contribution in [3.05, 3.63) is 78.4 Å². The van der Waals surface area contributed by atoms with E-state index in [1.165, 1.54) is 30.3 Å². The van der Waals surface area contributed by atoms with Gasteiger partial charge in [0.25, 0.3) is 10.0 Å². The smallest absolute Gasteiger partial charge is 0.339 e. The maximum atomic E-state index is 12.8. The van der Waals surface area contributed by atoms with Gasteiger partial charge in [0.05, 0.1) is 15.9 Å². The van der Waals surface area contributed by atoms with Crippen molar-refractivity contribution < 1.29 is 23.4 Å². The summed E-state index contributed by atoms with van der Waals surface area (Å²) in [7, 11) is -3.95. The van der Waals surface area contributed by atoms with E-state index in [-0.39, 0.29) is 35.2 Å². The lowest BCUT2D eigenvalue weighted by atomic mass is 10.2. The monoisotopic (exact) mass is 452 g/mol. The molecule has 3 aromatic carbocycles. The zero-order valence-electron chi connectivity index (χ0n) is 15.9. The third kappa shape index (κ3) is 4.60. The fourth-order valence-electron chi connectivity index (χ4n) is 2.87. The number of nitrogens with zero attached hydrogens (tertiary/aromatic N) is 2. The number of sulfonamides is 1. The molecule has 0 atom stereocenters. The van der Waals surface area contributed by atoms with Gasteiger partial charge in [-0.1, -0.05) is 37.8 Å². The number of nitrogens with one attached hydrogen (secondary N) is 2. The molecule has 0 aliphatic rings. The quantitative estimate of drug-likeness (QED) is 0.319. The van der Waals surface area contributed by atoms with Crippen molar-refractivity contribution in [1.29, 1.82) is 0 Å². The molecule has 0 radical (unpaired) electrons. The van der Waals surface area contributed by atoms with Gasteiger partial charge in [-0.15, -0.1) is 0 Å². The highest BCUT2D eigenvalue weighted by molar-refractivity contribution is 7.92. The predicted molar refractivity (Wildman–Crippen MR) is 122 cm³/mol. The number of para-hydroxylation sites is 2. The molecule has 4 rings (SSSR count). The van der Waals surface area contributed by atoms with Gasteiger partial charge in [-0.3, -0.25) is 4.72 Å². The fourth-order valence-corrected chi connectivity index (χ4v) is 3.90. The third-order valence-corrected chi connectivity index (χ3v) is 5.70. The Kier molecular flexibility index (Phi) is 6.26. The number of aromatic hydroxyl groups is 1. The van der Waals surface area contributed by atoms with Crippen LogP contribution in [0.3, 0.4) is 0 Å². The Hall–Kier alpha value is -4.18. The van der Waals surface area contributed by atoms with E-state index in [4.69, 9.17) is 0 Å². The number of fused-ring (bicyclic) bond motifs is 1. The van der Waals surface area contributed by atoms with E-state index >= 15 is 0 Å². The van der Waals surface area contributed by atoms with Crippen molar-refractivity contribution in [2.45, 2.75) is 12.3 Å². The average Bonchev–Trinajstić information content (AvgIpc) is 2.75. The second kappa shape index (κ2) is 8.90. The summed E-state index contributed by atoms with van der Waals surface area (Å²) in [5.41, 5.74) is 0.936. The minimum Gasteiger partial charge on any atom is -0.507 e. The Morgan fingerprint density at radius 2 is 1.44 bits per heavy atom. The molecule has 1 aromatic heterocycles. The zero-order chi connectivity index (χ0) is 22.0. The van der Waals surface area contributed by atoms with Crippen molar-refractivity contribution in [2.24, 2.45) is 0 Å². The summed E-state index contributed by atoms with van der Waals surface area (Å²) in [6.45, 7) is 0. The predicted octanol–water partition coefficient (Wildman–Crippen LogP) is 4.21. The molecule has 0 saturated carbocycles. The number of carboxylic acid groups (broad SMARTS) is 1. The number of anilines is 3. The molecule has 4 N–H and O–H groups in total. The van der Waals surface area contributed by atoms with E-state index in [9.17, 15) is 23.4 Å². The van der Waals surface area contributed by atoms with Crippen LogP contribution in [0.25, 0.3) is 11.0 Å². The van der Waals surface area contributed by atoms with Crippen LogP contribution in [-0.2, 0) is 10.0 Å². The first-order chi connectivity index (χ1) is 14.8. The van der Waals surface area contributed by atoms with Crippen molar-refractivity contribution in [1.82, 2.24) is 9.97 Å². The second-order valence-electron chi connectivity index (χ2n) is 6.49. The minimum absolute atomic E-state index is 0. The van der Waals surface area contributed by atoms with Crippen molar-refractivity contribution in [2.75, 3.05) is 10.0 Å². The van der Waals surface area contributed by atoms with Crippen LogP contribution in [-0.4, -0.2) is 34.6 Å². The summed E-state index contributed by atoms with van der Waals surface area (Å²) in [5.74, 6) is -1.70. The average molecular weight is 452 g/mol. The van der Waals surface area contributed by atoms with Crippen molar-refractivity contribution in [3.8, 4) is 5.75 Å². The molecule has 0 aliphatic carbocycles. The first-order valence-corrected chi connectivity index (χ1v) is 10.5. The summed E-state index contributed by atoms with van der Waals surface area (Å²) in [6, 6.07) is 18.6. The van der Waals surface area contributed by atoms with Gasteiger partial charge in [-0.05, 0) is 42.5 Å². The number of benzene rings is 3. The van der Waals surface area contributed by atoms with Gasteiger partial charge in [-0.25, -0.2) is 23.2 Å². The fraction of sp³-hybridized carbons (Fsp3) is 0.0455. The molecule has 32 heavy (non-hydrogen) atoms. The number of phenols is 1. The Morgan fingerprint density at radius 1 is 0.844 bits per heavy atom. The molecule has 4 aromatic rings. The van der Waals surface area contributed by atoms with Crippen LogP contribution < -0.4 is 10.0 Å². The number of rotatable bonds is 6. The highest BCUT2D eigenvalue weighted by Gasteiger charge is 2.19. The van der Waals surface area contributed by atoms with Gasteiger partial charge in [0.15, 0.2) is 11.6 Å². The molecule has 0 bridgehead atoms. The number of aromatic carboxylic acids is 1. The third-order valence-electron chi connectivity index (χ3n) is 4.34. The lowest BCUT2D eigenvalue weighted by molar-refractivity contribution is 0.0693. The summed E-state index contributed by atoms with van der Waals surface area (Å²) in [6.07, 6.45) is 0. The number of carboxylic acids is 1. The van der Waals surface area contributed by atoms with Crippen LogP contribution in [0.2, 0.25) is 0 Å². The standard InChI is InChI=1S/C21H16N4O5S.CH4/c26-18-11-10-13(12-15(18)21(27)28)22-19-20(24-17-9-5-4-8-16(17)23-19)25-31(29,30)14-6-2-1-3-7-14;/h1-12,26H,(H,22,23)(H,24,25)(H,27,28);1H4. The molecule has 0 unspecified atom stereocenters. The highest BCUT2D eigenvalue weighted by Crippen LogP contribution is 2.29. The number of carbonyl (C=O) groups is 1. The van der Waals surface area contributed by atoms with Gasteiger partial charge < -0.3 is 15.5 Å². The summed E-state index contributed by atoms with van der Waals surface area (Å²) >= 11 is 0. The van der Waals surface area contributed by atoms with E-state index in [0.29, 0.717) is 11.0 Å². The second-order valence-corrected chi connectivity index (χ2v) is 8.17. The summed E-state index contributed by atoms with van der Waals surface area (Å²) in [5, 5.41) is 21.8. The molecule has 1 heterocycles. The van der Waals surface area contributed by atoms with E-state index in [2.05, 4.69) is 20.0 Å². The lowest BCUT2D eigenvalue weighted by Gasteiger charge is -2.14. The van der Waals surface area contributed by atoms with Gasteiger partial charge in [-0.2, -0.15) is 0 Å². The van der Waals surface area contributed by atoms with Gasteiger partial charge in [0.2, 0.25) is 0 Å². The highest BCUT2D eigenvalue weighted by atomic mass is 32.2. The summed E-state index contributed by atoms with van der Waals surface area (Å²) < 4.78 is 28.1. The van der Waals surface area contributed by atoms with Gasteiger partial charge in [0, 0.05) is 5.69 Å². The number of hydrogen-bond donors (Lipinski definition) is 4. The van der Waals surface area contributed by atoms with E-state index in [1.807, 2.05) is 0 Å². The molecular weight excluding hydrogens is 432 g/mol. The Morgan fingerprint density at radius 3 is 2.06 bits per heavy atom. The maximum Gasteiger partial charge on any atom is 0.339 e. The van der Waals surface area contributed by atoms with Crippen LogP contribution >= 0.6 is 0 Å². The first kappa shape index (κ1) is 22.5. The molecule has 10 heteroatoms. The Balaban J connectivity index is 0.00000289. The summed E-state index contributed by atoms with van der Waals surface area (Å²) in [4.78, 5) is 20.2. The lowest BCUT2D eigenvalue weighted by Crippen LogP contribution is -2.16. The number of aromatic nitrogens is 2. The van der Waals surface area contributed by atoms with Crippen LogP contribution in [0.5, 0.6) is 5.75 Å². The minimum atomic E-state index is -3.95. The van der Waals surface area contributed by atoms with Crippen molar-refractivity contribution >= 4 is 44.3 Å². The SMILES string of the molecule is C.O=C(O)c1cc(Nc2nc3ccccc3nc2NS(=O)(=O)c2ccccc2)ccc1O. The maximum absolute atomic E-state index is 12.8. The molecule has 9 nitrogen and oxygen atoms in total. The normalized spacial score (nSPS) is 10.9. The van der Waals surface area contributed by atoms with E-state index in [1.54, 1.807) is 42.5 Å². The topological polar surface area (TPSA) is 142 Å². The molecular formula is C22H20N4O5S. The van der Waals surface area contributed by atoms with Crippen molar-refractivity contribution in [3.63, 3.8) is 0 Å². The number of hydrogen-bond acceptors (Lipinski definition) is 7. The largest absolute Gasteiger partial charge is 0.507 e. The van der Waals surface area contributed by atoms with Crippen LogP contribution in [0.4, 0.5) is 17.3 Å². The molecule has 0 fully saturated rings. The van der Waals surface area contributed by atoms with Gasteiger partial charge >= 0.3 is 5.97 Å². The Labute approximate surface area is 184 Å². The molecule has 0 aliphatic heterocycles. The van der Waals surface area contributed by atoms with E-state index in [0.717, 1.165) is 0 Å². The van der Waals surface area contributed by atoms with Crippen LogP contribution in [0.1, 0.15) is 17.8 Å². The molecule has 0 amide bonds. The molecule has 164 valence electrons. The first-order valence-electron chi connectivity index (χ1n) is 9.01. The zero-order valence-corrected chi connectivity index (χ0v) is 16.7. The van der Waals surface area contributed by atoms with Crippen LogP contribution in [0.15, 0.2) is 77.7 Å². The molecule has 0 saturated heterocycles. The van der Waals surface area contributed by atoms with Gasteiger partial charge in [0.1, 0.15) is 11.3 Å². The molecule has 0 spiro atoms. The van der Waals surface area contributed by atoms with Crippen LogP contribution in [0, 0.1) is 0 Å².